The molecule has 0 atom stereocenters. The Bertz CT molecular complexity index is 736. The molecule has 3 rings (SSSR count). The van der Waals surface area contributed by atoms with Crippen molar-refractivity contribution >= 4 is 0 Å². The second kappa shape index (κ2) is 4.73. The number of hydrogen-bond donors (Lipinski definition) is 1. The number of aromatic nitrogens is 4. The number of nitrogens with zero attached hydrogens (tertiary/aromatic N) is 3. The fourth-order valence-electron chi connectivity index (χ4n) is 1.46. The molecule has 2 heterocycles. The van der Waals surface area contributed by atoms with E-state index in [-0.39, 0.29) is 5.82 Å². The molecule has 2 aromatic heterocycles. The zero-order chi connectivity index (χ0) is 13.1. The molecule has 0 saturated carbocycles. The summed E-state index contributed by atoms with van der Waals surface area (Å²) in [6, 6.07) is 9.18. The van der Waals surface area contributed by atoms with Crippen molar-refractivity contribution in [2.75, 3.05) is 0 Å². The number of hydrogen-bond acceptors (Lipinski definition) is 6. The topological polar surface area (TPSA) is 93.9 Å². The number of rotatable bonds is 3. The van der Waals surface area contributed by atoms with Gasteiger partial charge in [0.15, 0.2) is 0 Å². The molecular weight excluding hydrogens is 248 g/mol. The van der Waals surface area contributed by atoms with E-state index < -0.39 is 5.76 Å². The molecular formula is C12H8N4O3. The van der Waals surface area contributed by atoms with Crippen molar-refractivity contribution in [3.05, 3.63) is 53.3 Å². The largest absolute Gasteiger partial charge is 0.439 e. The van der Waals surface area contributed by atoms with Gasteiger partial charge in [-0.15, -0.1) is 0 Å². The molecule has 0 saturated heterocycles. The first-order valence-corrected chi connectivity index (χ1v) is 5.42. The summed E-state index contributed by atoms with van der Waals surface area (Å²) in [6.45, 7) is 0. The van der Waals surface area contributed by atoms with Crippen LogP contribution >= 0.6 is 0 Å². The Morgan fingerprint density at radius 3 is 2.74 bits per heavy atom. The Balaban J connectivity index is 1.90. The molecule has 19 heavy (non-hydrogen) atoms. The van der Waals surface area contributed by atoms with Crippen LogP contribution in [-0.2, 0) is 0 Å². The quantitative estimate of drug-likeness (QED) is 0.765. The second-order valence-electron chi connectivity index (χ2n) is 3.60. The van der Waals surface area contributed by atoms with E-state index in [2.05, 4.69) is 24.6 Å². The third-order valence-corrected chi connectivity index (χ3v) is 2.26. The summed E-state index contributed by atoms with van der Waals surface area (Å²) in [5.74, 6) is 0.498. The minimum atomic E-state index is -0.647. The van der Waals surface area contributed by atoms with E-state index in [0.717, 1.165) is 0 Å². The molecule has 0 radical (unpaired) electrons. The van der Waals surface area contributed by atoms with Crippen LogP contribution in [0.2, 0.25) is 0 Å². The summed E-state index contributed by atoms with van der Waals surface area (Å²) in [7, 11) is 0. The normalized spacial score (nSPS) is 10.3. The van der Waals surface area contributed by atoms with Crippen LogP contribution in [0.3, 0.4) is 0 Å². The van der Waals surface area contributed by atoms with Crippen molar-refractivity contribution in [3.63, 3.8) is 0 Å². The molecule has 7 nitrogen and oxygen atoms in total. The molecule has 0 aliphatic heterocycles. The highest BCUT2D eigenvalue weighted by Crippen LogP contribution is 2.19. The van der Waals surface area contributed by atoms with Gasteiger partial charge in [-0.3, -0.25) is 14.5 Å². The minimum Gasteiger partial charge on any atom is -0.437 e. The fourth-order valence-corrected chi connectivity index (χ4v) is 1.46. The number of para-hydroxylation sites is 1. The number of H-pyrrole nitrogens is 1. The standard InChI is InChI=1S/C12H8N4O3/c17-12-15-11(16-19-12)9-6-13-7-10(14-9)18-8-4-2-1-3-5-8/h1-7H,(H,15,16,17). The molecule has 0 unspecified atom stereocenters. The second-order valence-corrected chi connectivity index (χ2v) is 3.60. The third-order valence-electron chi connectivity index (χ3n) is 2.26. The fraction of sp³-hybridized carbons (Fsp3) is 0. The van der Waals surface area contributed by atoms with Gasteiger partial charge in [0.05, 0.1) is 12.4 Å². The van der Waals surface area contributed by atoms with Gasteiger partial charge in [0.2, 0.25) is 11.7 Å². The Hall–Kier alpha value is -2.96. The summed E-state index contributed by atoms with van der Waals surface area (Å²) in [4.78, 5) is 21.4. The Labute approximate surface area is 106 Å². The SMILES string of the molecule is O=c1[nH]c(-c2cncc(Oc3ccccc3)n2)no1. The van der Waals surface area contributed by atoms with Gasteiger partial charge in [-0.05, 0) is 12.1 Å². The van der Waals surface area contributed by atoms with Crippen LogP contribution in [0.4, 0.5) is 0 Å². The molecule has 0 bridgehead atoms. The van der Waals surface area contributed by atoms with Crippen LogP contribution in [0.15, 0.2) is 52.0 Å². The molecule has 0 fully saturated rings. The van der Waals surface area contributed by atoms with Crippen LogP contribution in [-0.4, -0.2) is 20.1 Å². The van der Waals surface area contributed by atoms with Crippen molar-refractivity contribution in [1.29, 1.82) is 0 Å². The van der Waals surface area contributed by atoms with E-state index in [1.165, 1.54) is 12.4 Å². The number of ether oxygens (including phenoxy) is 1. The van der Waals surface area contributed by atoms with Gasteiger partial charge < -0.3 is 4.74 Å². The van der Waals surface area contributed by atoms with Crippen molar-refractivity contribution in [1.82, 2.24) is 20.1 Å². The van der Waals surface area contributed by atoms with Crippen LogP contribution in [0, 0.1) is 0 Å². The van der Waals surface area contributed by atoms with Gasteiger partial charge in [0.1, 0.15) is 11.4 Å². The van der Waals surface area contributed by atoms with E-state index in [1.54, 1.807) is 12.1 Å². The molecule has 0 aliphatic carbocycles. The summed E-state index contributed by atoms with van der Waals surface area (Å²) < 4.78 is 9.93. The van der Waals surface area contributed by atoms with Crippen molar-refractivity contribution in [2.45, 2.75) is 0 Å². The van der Waals surface area contributed by atoms with Crippen LogP contribution in [0.25, 0.3) is 11.5 Å². The highest BCUT2D eigenvalue weighted by atomic mass is 16.5. The lowest BCUT2D eigenvalue weighted by Crippen LogP contribution is -1.97. The Morgan fingerprint density at radius 2 is 2.00 bits per heavy atom. The smallest absolute Gasteiger partial charge is 0.437 e. The molecule has 7 heteroatoms. The molecule has 0 amide bonds. The molecule has 1 N–H and O–H groups in total. The maximum Gasteiger partial charge on any atom is 0.439 e. The monoisotopic (exact) mass is 256 g/mol. The van der Waals surface area contributed by atoms with Crippen LogP contribution < -0.4 is 10.5 Å². The van der Waals surface area contributed by atoms with Gasteiger partial charge >= 0.3 is 5.76 Å². The summed E-state index contributed by atoms with van der Waals surface area (Å²) >= 11 is 0. The lowest BCUT2D eigenvalue weighted by molar-refractivity contribution is 0.387. The summed E-state index contributed by atoms with van der Waals surface area (Å²) in [5, 5.41) is 3.53. The third kappa shape index (κ3) is 2.49. The molecule has 3 aromatic rings. The van der Waals surface area contributed by atoms with Gasteiger partial charge in [-0.1, -0.05) is 23.4 Å². The van der Waals surface area contributed by atoms with E-state index >= 15 is 0 Å². The average molecular weight is 256 g/mol. The van der Waals surface area contributed by atoms with Gasteiger partial charge in [-0.2, -0.15) is 0 Å². The first kappa shape index (κ1) is 11.1. The number of benzene rings is 1. The number of aromatic amines is 1. The molecule has 94 valence electrons. The first-order chi connectivity index (χ1) is 9.31. The van der Waals surface area contributed by atoms with Crippen LogP contribution in [0.1, 0.15) is 0 Å². The zero-order valence-electron chi connectivity index (χ0n) is 9.61. The molecule has 0 spiro atoms. The zero-order valence-corrected chi connectivity index (χ0v) is 9.61. The van der Waals surface area contributed by atoms with Crippen molar-refractivity contribution in [3.8, 4) is 23.1 Å². The Morgan fingerprint density at radius 1 is 1.16 bits per heavy atom. The lowest BCUT2D eigenvalue weighted by atomic mass is 10.3. The molecule has 1 aromatic carbocycles. The highest BCUT2D eigenvalue weighted by molar-refractivity contribution is 5.46. The van der Waals surface area contributed by atoms with E-state index in [4.69, 9.17) is 4.74 Å². The Kier molecular flexibility index (Phi) is 2.77. The van der Waals surface area contributed by atoms with Gasteiger partial charge in [0, 0.05) is 0 Å². The van der Waals surface area contributed by atoms with Gasteiger partial charge in [0.25, 0.3) is 0 Å². The predicted molar refractivity (Wildman–Crippen MR) is 64.7 cm³/mol. The minimum absolute atomic E-state index is 0.205. The summed E-state index contributed by atoms with van der Waals surface area (Å²) in [5.41, 5.74) is 0.360. The average Bonchev–Trinajstić information content (AvgIpc) is 2.87. The van der Waals surface area contributed by atoms with Crippen molar-refractivity contribution < 1.29 is 9.26 Å². The number of nitrogens with one attached hydrogen (secondary N) is 1. The maximum atomic E-state index is 10.9. The predicted octanol–water partition coefficient (Wildman–Crippen LogP) is 1.61. The van der Waals surface area contributed by atoms with Crippen LogP contribution in [0.5, 0.6) is 11.6 Å². The van der Waals surface area contributed by atoms with E-state index in [9.17, 15) is 4.79 Å². The highest BCUT2D eigenvalue weighted by Gasteiger charge is 2.08. The lowest BCUT2D eigenvalue weighted by Gasteiger charge is -2.04. The van der Waals surface area contributed by atoms with Crippen molar-refractivity contribution in [2.24, 2.45) is 0 Å². The first-order valence-electron chi connectivity index (χ1n) is 5.42. The molecule has 0 aliphatic rings. The van der Waals surface area contributed by atoms with E-state index in [0.29, 0.717) is 17.3 Å². The van der Waals surface area contributed by atoms with Gasteiger partial charge in [-0.25, -0.2) is 9.78 Å². The summed E-state index contributed by atoms with van der Waals surface area (Å²) in [6.07, 6.45) is 2.92. The maximum absolute atomic E-state index is 10.9. The van der Waals surface area contributed by atoms with E-state index in [1.807, 2.05) is 18.2 Å².